The molecule has 4 aromatic rings. The van der Waals surface area contributed by atoms with E-state index in [4.69, 9.17) is 4.74 Å². The molecule has 2 amide bonds. The summed E-state index contributed by atoms with van der Waals surface area (Å²) in [5, 5.41) is 8.72. The van der Waals surface area contributed by atoms with Crippen molar-refractivity contribution in [3.05, 3.63) is 94.4 Å². The van der Waals surface area contributed by atoms with E-state index in [1.54, 1.807) is 12.1 Å². The van der Waals surface area contributed by atoms with Crippen molar-refractivity contribution in [2.75, 3.05) is 5.32 Å². The molecular formula is C24H18N2O3S. The molecule has 1 atom stereocenters. The maximum absolute atomic E-state index is 13.1. The average molecular weight is 414 g/mol. The van der Waals surface area contributed by atoms with Gasteiger partial charge in [0.15, 0.2) is 0 Å². The van der Waals surface area contributed by atoms with Crippen molar-refractivity contribution >= 4 is 39.1 Å². The van der Waals surface area contributed by atoms with Crippen LogP contribution in [0.5, 0.6) is 5.75 Å². The van der Waals surface area contributed by atoms with Crippen LogP contribution in [0.2, 0.25) is 0 Å². The van der Waals surface area contributed by atoms with Gasteiger partial charge in [0, 0.05) is 21.0 Å². The normalized spacial score (nSPS) is 15.2. The molecule has 6 heteroatoms. The van der Waals surface area contributed by atoms with E-state index in [0.29, 0.717) is 17.0 Å². The standard InChI is InChI=1S/C24H18N2O3S/c1-14-7-2-3-8-15(14)22-21-18(10-6-11-19(21)29-24(28)26-22)25-23(27)17-13-30-20-12-5-4-9-16(17)20/h2-13,22H,1H3,(H,25,27)(H,26,28). The van der Waals surface area contributed by atoms with Gasteiger partial charge in [-0.1, -0.05) is 48.5 Å². The quantitative estimate of drug-likeness (QED) is 0.455. The number of amides is 2. The third-order valence-electron chi connectivity index (χ3n) is 5.29. The molecule has 0 aliphatic carbocycles. The summed E-state index contributed by atoms with van der Waals surface area (Å²) in [6.07, 6.45) is -0.511. The predicted octanol–water partition coefficient (Wildman–Crippen LogP) is 5.65. The second-order valence-corrected chi connectivity index (χ2v) is 8.05. The molecule has 0 radical (unpaired) electrons. The highest BCUT2D eigenvalue weighted by molar-refractivity contribution is 7.17. The first-order valence-corrected chi connectivity index (χ1v) is 10.4. The Morgan fingerprint density at radius 2 is 1.83 bits per heavy atom. The van der Waals surface area contributed by atoms with Crippen LogP contribution in [0.4, 0.5) is 10.5 Å². The number of anilines is 1. The number of aryl methyl sites for hydroxylation is 1. The summed E-state index contributed by atoms with van der Waals surface area (Å²) in [5.41, 5.74) is 3.97. The van der Waals surface area contributed by atoms with Gasteiger partial charge in [0.05, 0.1) is 17.3 Å². The molecule has 1 unspecified atom stereocenters. The zero-order valence-electron chi connectivity index (χ0n) is 16.1. The first-order chi connectivity index (χ1) is 14.6. The van der Waals surface area contributed by atoms with Gasteiger partial charge in [-0.2, -0.15) is 0 Å². The lowest BCUT2D eigenvalue weighted by atomic mass is 9.92. The first-order valence-electron chi connectivity index (χ1n) is 9.56. The Balaban J connectivity index is 1.58. The van der Waals surface area contributed by atoms with Crippen molar-refractivity contribution in [1.82, 2.24) is 5.32 Å². The second kappa shape index (κ2) is 7.31. The number of nitrogens with one attached hydrogen (secondary N) is 2. The predicted molar refractivity (Wildman–Crippen MR) is 118 cm³/mol. The highest BCUT2D eigenvalue weighted by Gasteiger charge is 2.31. The Hall–Kier alpha value is -3.64. The number of carbonyl (C=O) groups excluding carboxylic acids is 2. The van der Waals surface area contributed by atoms with Crippen molar-refractivity contribution < 1.29 is 14.3 Å². The van der Waals surface area contributed by atoms with Crippen molar-refractivity contribution in [3.63, 3.8) is 0 Å². The van der Waals surface area contributed by atoms with Crippen LogP contribution >= 0.6 is 11.3 Å². The second-order valence-electron chi connectivity index (χ2n) is 7.14. The molecule has 1 aromatic heterocycles. The van der Waals surface area contributed by atoms with Gasteiger partial charge >= 0.3 is 6.09 Å². The maximum atomic E-state index is 13.1. The number of hydrogen-bond acceptors (Lipinski definition) is 4. The summed E-state index contributed by atoms with van der Waals surface area (Å²) in [4.78, 5) is 25.3. The minimum Gasteiger partial charge on any atom is -0.410 e. The smallest absolute Gasteiger partial charge is 0.410 e. The minimum atomic E-state index is -0.511. The third-order valence-corrected chi connectivity index (χ3v) is 6.26. The number of ether oxygens (including phenoxy) is 1. The lowest BCUT2D eigenvalue weighted by Crippen LogP contribution is -2.37. The van der Waals surface area contributed by atoms with E-state index in [-0.39, 0.29) is 5.91 Å². The number of hydrogen-bond donors (Lipinski definition) is 2. The maximum Gasteiger partial charge on any atom is 0.413 e. The van der Waals surface area contributed by atoms with E-state index in [2.05, 4.69) is 10.6 Å². The van der Waals surface area contributed by atoms with E-state index in [0.717, 1.165) is 26.8 Å². The Kier molecular flexibility index (Phi) is 4.48. The molecule has 148 valence electrons. The summed E-state index contributed by atoms with van der Waals surface area (Å²) in [6, 6.07) is 20.6. The summed E-state index contributed by atoms with van der Waals surface area (Å²) in [7, 11) is 0. The SMILES string of the molecule is Cc1ccccc1C1NC(=O)Oc2cccc(NC(=O)c3csc4ccccc34)c21. The number of thiophene rings is 1. The van der Waals surface area contributed by atoms with Gasteiger partial charge < -0.3 is 15.4 Å². The lowest BCUT2D eigenvalue weighted by molar-refractivity contribution is 0.102. The molecule has 0 spiro atoms. The number of rotatable bonds is 3. The molecule has 0 bridgehead atoms. The van der Waals surface area contributed by atoms with E-state index in [1.165, 1.54) is 11.3 Å². The van der Waals surface area contributed by atoms with E-state index in [9.17, 15) is 9.59 Å². The Bertz CT molecular complexity index is 1290. The van der Waals surface area contributed by atoms with Crippen LogP contribution in [0.3, 0.4) is 0 Å². The Labute approximate surface area is 177 Å². The summed E-state index contributed by atoms with van der Waals surface area (Å²) in [5.74, 6) is 0.251. The lowest BCUT2D eigenvalue weighted by Gasteiger charge is -2.29. The fraction of sp³-hybridized carbons (Fsp3) is 0.0833. The molecule has 2 N–H and O–H groups in total. The monoisotopic (exact) mass is 414 g/mol. The molecule has 5 rings (SSSR count). The average Bonchev–Trinajstić information content (AvgIpc) is 3.18. The molecule has 5 nitrogen and oxygen atoms in total. The van der Waals surface area contributed by atoms with Gasteiger partial charge in [0.2, 0.25) is 0 Å². The first kappa shape index (κ1) is 18.4. The molecule has 0 saturated heterocycles. The van der Waals surface area contributed by atoms with Crippen LogP contribution < -0.4 is 15.4 Å². The van der Waals surface area contributed by atoms with Crippen molar-refractivity contribution in [1.29, 1.82) is 0 Å². The summed E-state index contributed by atoms with van der Waals surface area (Å²) >= 11 is 1.54. The van der Waals surface area contributed by atoms with Gasteiger partial charge in [-0.05, 0) is 36.2 Å². The van der Waals surface area contributed by atoms with Crippen LogP contribution in [0.15, 0.2) is 72.1 Å². The third kappa shape index (κ3) is 3.11. The van der Waals surface area contributed by atoms with Gasteiger partial charge in [0.25, 0.3) is 5.91 Å². The largest absolute Gasteiger partial charge is 0.413 e. The molecular weight excluding hydrogens is 396 g/mol. The molecule has 30 heavy (non-hydrogen) atoms. The summed E-state index contributed by atoms with van der Waals surface area (Å²) in [6.45, 7) is 2.00. The zero-order valence-corrected chi connectivity index (χ0v) is 17.0. The number of carbonyl (C=O) groups is 2. The van der Waals surface area contributed by atoms with Crippen molar-refractivity contribution in [2.45, 2.75) is 13.0 Å². The van der Waals surface area contributed by atoms with Gasteiger partial charge in [-0.25, -0.2) is 4.79 Å². The molecule has 3 aromatic carbocycles. The van der Waals surface area contributed by atoms with Crippen molar-refractivity contribution in [3.8, 4) is 5.75 Å². The molecule has 0 saturated carbocycles. The molecule has 1 aliphatic rings. The Morgan fingerprint density at radius 3 is 2.70 bits per heavy atom. The highest BCUT2D eigenvalue weighted by atomic mass is 32.1. The minimum absolute atomic E-state index is 0.193. The van der Waals surface area contributed by atoms with E-state index < -0.39 is 12.1 Å². The Morgan fingerprint density at radius 1 is 1.03 bits per heavy atom. The van der Waals surface area contributed by atoms with E-state index in [1.807, 2.05) is 66.9 Å². The topological polar surface area (TPSA) is 67.4 Å². The van der Waals surface area contributed by atoms with Crippen LogP contribution in [-0.2, 0) is 0 Å². The molecule has 0 fully saturated rings. The van der Waals surface area contributed by atoms with Crippen LogP contribution in [0, 0.1) is 6.92 Å². The van der Waals surface area contributed by atoms with E-state index >= 15 is 0 Å². The van der Waals surface area contributed by atoms with Crippen LogP contribution in [-0.4, -0.2) is 12.0 Å². The molecule has 1 aliphatic heterocycles. The van der Waals surface area contributed by atoms with Gasteiger partial charge in [0.1, 0.15) is 5.75 Å². The fourth-order valence-electron chi connectivity index (χ4n) is 3.85. The number of fused-ring (bicyclic) bond motifs is 2. The van der Waals surface area contributed by atoms with Gasteiger partial charge in [-0.15, -0.1) is 11.3 Å². The zero-order chi connectivity index (χ0) is 20.7. The van der Waals surface area contributed by atoms with Crippen LogP contribution in [0.1, 0.15) is 33.1 Å². The van der Waals surface area contributed by atoms with Crippen LogP contribution in [0.25, 0.3) is 10.1 Å². The number of benzene rings is 3. The molecule has 2 heterocycles. The highest BCUT2D eigenvalue weighted by Crippen LogP contribution is 2.40. The fourth-order valence-corrected chi connectivity index (χ4v) is 4.79. The van der Waals surface area contributed by atoms with Gasteiger partial charge in [-0.3, -0.25) is 4.79 Å². The van der Waals surface area contributed by atoms with Crippen molar-refractivity contribution in [2.24, 2.45) is 0 Å². The summed E-state index contributed by atoms with van der Waals surface area (Å²) < 4.78 is 6.47.